The smallest absolute Gasteiger partial charge is 0.353 e. The van der Waals surface area contributed by atoms with Crippen LogP contribution in [0.2, 0.25) is 0 Å². The third-order valence-corrected chi connectivity index (χ3v) is 4.83. The number of rotatable bonds is 9. The molecule has 0 atom stereocenters. The molecule has 0 N–H and O–H groups in total. The molecule has 3 rings (SSSR count). The molecule has 0 amide bonds. The predicted octanol–water partition coefficient (Wildman–Crippen LogP) is 2.05. The highest BCUT2D eigenvalue weighted by Crippen LogP contribution is 2.36. The maximum Gasteiger partial charge on any atom is 0.353 e. The van der Waals surface area contributed by atoms with Gasteiger partial charge in [0.25, 0.3) is 0 Å². The number of aromatic nitrogens is 2. The number of nitro groups is 1. The molecule has 0 saturated heterocycles. The molecule has 9 nitrogen and oxygen atoms in total. The van der Waals surface area contributed by atoms with E-state index in [4.69, 9.17) is 9.47 Å². The molecule has 0 unspecified atom stereocenters. The van der Waals surface area contributed by atoms with Crippen LogP contribution in [0.3, 0.4) is 0 Å². The SMILES string of the molecule is COCCN(CCOC)c1ncnc(N2CCc3ccccc3C2)c1[N+](=O)[O-]. The summed E-state index contributed by atoms with van der Waals surface area (Å²) in [5.41, 5.74) is 2.37. The summed E-state index contributed by atoms with van der Waals surface area (Å²) in [5, 5.41) is 12.0. The third kappa shape index (κ3) is 4.37. The molecule has 0 radical (unpaired) electrons. The minimum atomic E-state index is -0.391. The van der Waals surface area contributed by atoms with E-state index in [2.05, 4.69) is 22.1 Å². The second kappa shape index (κ2) is 9.43. The zero-order valence-corrected chi connectivity index (χ0v) is 16.2. The van der Waals surface area contributed by atoms with Crippen LogP contribution >= 0.6 is 0 Å². The molecule has 1 aliphatic heterocycles. The second-order valence-electron chi connectivity index (χ2n) is 6.54. The van der Waals surface area contributed by atoms with E-state index < -0.39 is 4.92 Å². The van der Waals surface area contributed by atoms with E-state index in [1.54, 1.807) is 14.2 Å². The first-order valence-corrected chi connectivity index (χ1v) is 9.19. The molecular weight excluding hydrogens is 362 g/mol. The Hall–Kier alpha value is -2.78. The van der Waals surface area contributed by atoms with Crippen LogP contribution < -0.4 is 9.80 Å². The monoisotopic (exact) mass is 387 g/mol. The Labute approximate surface area is 164 Å². The standard InChI is InChI=1S/C19H25N5O4/c1-27-11-9-22(10-12-28-2)18-17(24(25)26)19(21-14-20-18)23-8-7-15-5-3-4-6-16(15)13-23/h3-6,14H,7-13H2,1-2H3. The van der Waals surface area contributed by atoms with Gasteiger partial charge in [0.1, 0.15) is 6.33 Å². The number of fused-ring (bicyclic) bond motifs is 1. The van der Waals surface area contributed by atoms with Gasteiger partial charge in [-0.05, 0) is 17.5 Å². The van der Waals surface area contributed by atoms with Crippen LogP contribution in [0, 0.1) is 10.1 Å². The van der Waals surface area contributed by atoms with Crippen molar-refractivity contribution in [2.45, 2.75) is 13.0 Å². The van der Waals surface area contributed by atoms with Gasteiger partial charge < -0.3 is 19.3 Å². The number of methoxy groups -OCH3 is 2. The minimum Gasteiger partial charge on any atom is -0.383 e. The summed E-state index contributed by atoms with van der Waals surface area (Å²) in [7, 11) is 3.19. The topological polar surface area (TPSA) is 93.9 Å². The predicted molar refractivity (Wildman–Crippen MR) is 106 cm³/mol. The van der Waals surface area contributed by atoms with Crippen LogP contribution in [0.25, 0.3) is 0 Å². The molecular formula is C19H25N5O4. The summed E-state index contributed by atoms with van der Waals surface area (Å²) in [5.74, 6) is 0.646. The molecule has 9 heteroatoms. The highest BCUT2D eigenvalue weighted by Gasteiger charge is 2.31. The first kappa shape index (κ1) is 20.0. The van der Waals surface area contributed by atoms with Gasteiger partial charge >= 0.3 is 5.69 Å². The lowest BCUT2D eigenvalue weighted by atomic mass is 10.00. The average Bonchev–Trinajstić information content (AvgIpc) is 2.73. The average molecular weight is 387 g/mol. The molecule has 0 fully saturated rings. The number of hydrogen-bond donors (Lipinski definition) is 0. The van der Waals surface area contributed by atoms with E-state index in [9.17, 15) is 10.1 Å². The Morgan fingerprint density at radius 1 is 1.14 bits per heavy atom. The Kier molecular flexibility index (Phi) is 6.72. The van der Waals surface area contributed by atoms with Crippen LogP contribution in [-0.4, -0.2) is 62.0 Å². The fourth-order valence-electron chi connectivity index (χ4n) is 3.39. The van der Waals surface area contributed by atoms with Crippen molar-refractivity contribution >= 4 is 17.3 Å². The van der Waals surface area contributed by atoms with E-state index in [0.717, 1.165) is 6.42 Å². The summed E-state index contributed by atoms with van der Waals surface area (Å²) in [4.78, 5) is 23.9. The van der Waals surface area contributed by atoms with Gasteiger partial charge in [-0.1, -0.05) is 24.3 Å². The zero-order valence-electron chi connectivity index (χ0n) is 16.2. The minimum absolute atomic E-state index is 0.0749. The van der Waals surface area contributed by atoms with Crippen molar-refractivity contribution in [3.63, 3.8) is 0 Å². The van der Waals surface area contributed by atoms with Crippen molar-refractivity contribution in [2.24, 2.45) is 0 Å². The normalized spacial score (nSPS) is 13.3. The molecule has 0 aliphatic carbocycles. The van der Waals surface area contributed by atoms with E-state index >= 15 is 0 Å². The van der Waals surface area contributed by atoms with Gasteiger partial charge in [-0.2, -0.15) is 0 Å². The van der Waals surface area contributed by atoms with E-state index in [0.29, 0.717) is 51.0 Å². The van der Waals surface area contributed by atoms with E-state index in [1.165, 1.54) is 17.5 Å². The lowest BCUT2D eigenvalue weighted by molar-refractivity contribution is -0.383. The summed E-state index contributed by atoms with van der Waals surface area (Å²) >= 11 is 0. The summed E-state index contributed by atoms with van der Waals surface area (Å²) in [6.45, 7) is 3.06. The van der Waals surface area contributed by atoms with Crippen LogP contribution in [-0.2, 0) is 22.4 Å². The van der Waals surface area contributed by atoms with Crippen molar-refractivity contribution in [1.82, 2.24) is 9.97 Å². The highest BCUT2D eigenvalue weighted by atomic mass is 16.6. The Bertz CT molecular complexity index is 809. The first-order valence-electron chi connectivity index (χ1n) is 9.19. The third-order valence-electron chi connectivity index (χ3n) is 4.83. The first-order chi connectivity index (χ1) is 13.7. The largest absolute Gasteiger partial charge is 0.383 e. The van der Waals surface area contributed by atoms with Gasteiger partial charge in [0, 0.05) is 40.4 Å². The maximum atomic E-state index is 12.0. The van der Waals surface area contributed by atoms with Crippen LogP contribution in [0.5, 0.6) is 0 Å². The molecule has 1 aliphatic rings. The molecule has 0 saturated carbocycles. The van der Waals surface area contributed by atoms with Crippen LogP contribution in [0.1, 0.15) is 11.1 Å². The molecule has 0 bridgehead atoms. The van der Waals surface area contributed by atoms with Gasteiger partial charge in [0.15, 0.2) is 0 Å². The quantitative estimate of drug-likeness (QED) is 0.477. The summed E-state index contributed by atoms with van der Waals surface area (Å²) in [6.07, 6.45) is 2.22. The Morgan fingerprint density at radius 2 is 1.82 bits per heavy atom. The highest BCUT2D eigenvalue weighted by molar-refractivity contribution is 5.71. The zero-order chi connectivity index (χ0) is 19.9. The van der Waals surface area contributed by atoms with Crippen molar-refractivity contribution in [3.05, 3.63) is 51.8 Å². The summed E-state index contributed by atoms with van der Waals surface area (Å²) < 4.78 is 10.3. The molecule has 1 aromatic carbocycles. The Morgan fingerprint density at radius 3 is 2.46 bits per heavy atom. The van der Waals surface area contributed by atoms with Crippen molar-refractivity contribution in [1.29, 1.82) is 0 Å². The van der Waals surface area contributed by atoms with E-state index in [-0.39, 0.29) is 5.69 Å². The molecule has 2 heterocycles. The van der Waals surface area contributed by atoms with Crippen LogP contribution in [0.15, 0.2) is 30.6 Å². The van der Waals surface area contributed by atoms with Gasteiger partial charge in [0.2, 0.25) is 11.6 Å². The van der Waals surface area contributed by atoms with Gasteiger partial charge in [-0.15, -0.1) is 0 Å². The molecule has 1 aromatic heterocycles. The van der Waals surface area contributed by atoms with Crippen molar-refractivity contribution in [2.75, 3.05) is 56.9 Å². The van der Waals surface area contributed by atoms with Crippen LogP contribution in [0.4, 0.5) is 17.3 Å². The number of anilines is 2. The fourth-order valence-corrected chi connectivity index (χ4v) is 3.39. The number of ether oxygens (including phenoxy) is 2. The lowest BCUT2D eigenvalue weighted by Crippen LogP contribution is -2.34. The molecule has 2 aromatic rings. The summed E-state index contributed by atoms with van der Waals surface area (Å²) in [6, 6.07) is 8.16. The second-order valence-corrected chi connectivity index (χ2v) is 6.54. The van der Waals surface area contributed by atoms with Gasteiger partial charge in [-0.3, -0.25) is 10.1 Å². The lowest BCUT2D eigenvalue weighted by Gasteiger charge is -2.30. The molecule has 0 spiro atoms. The Balaban J connectivity index is 1.96. The number of nitrogens with zero attached hydrogens (tertiary/aromatic N) is 5. The molecule has 150 valence electrons. The van der Waals surface area contributed by atoms with E-state index in [1.807, 2.05) is 21.9 Å². The van der Waals surface area contributed by atoms with Crippen molar-refractivity contribution < 1.29 is 14.4 Å². The fraction of sp³-hybridized carbons (Fsp3) is 0.474. The number of benzene rings is 1. The number of hydrogen-bond acceptors (Lipinski definition) is 8. The van der Waals surface area contributed by atoms with Gasteiger partial charge in [0.05, 0.1) is 18.1 Å². The molecule has 28 heavy (non-hydrogen) atoms. The van der Waals surface area contributed by atoms with Crippen molar-refractivity contribution in [3.8, 4) is 0 Å². The van der Waals surface area contributed by atoms with Gasteiger partial charge in [-0.25, -0.2) is 9.97 Å². The maximum absolute atomic E-state index is 12.0.